The van der Waals surface area contributed by atoms with Gasteiger partial charge in [0.2, 0.25) is 0 Å². The monoisotopic (exact) mass is 230 g/mol. The Labute approximate surface area is 101 Å². The number of carbonyl (C=O) groups excluding carboxylic acids is 1. The van der Waals surface area contributed by atoms with Gasteiger partial charge in [0, 0.05) is 6.42 Å². The van der Waals surface area contributed by atoms with E-state index in [2.05, 4.69) is 6.58 Å². The Morgan fingerprint density at radius 2 is 1.94 bits per heavy atom. The summed E-state index contributed by atoms with van der Waals surface area (Å²) in [6.45, 7) is 5.31. The average Bonchev–Trinajstić information content (AvgIpc) is 2.32. The van der Waals surface area contributed by atoms with E-state index in [-0.39, 0.29) is 11.6 Å². The maximum Gasteiger partial charge on any atom is 0.162 e. The second-order valence-electron chi connectivity index (χ2n) is 3.70. The molecule has 0 amide bonds. The highest BCUT2D eigenvalue weighted by molar-refractivity contribution is 5.96. The van der Waals surface area contributed by atoms with E-state index in [9.17, 15) is 9.18 Å². The number of ketones is 1. The summed E-state index contributed by atoms with van der Waals surface area (Å²) in [5.74, 6) is -0.257. The molecule has 88 valence electrons. The van der Waals surface area contributed by atoms with Crippen molar-refractivity contribution in [3.05, 3.63) is 72.1 Å². The summed E-state index contributed by atoms with van der Waals surface area (Å²) < 4.78 is 12.7. The molecule has 0 aliphatic heterocycles. The number of Topliss-reactive ketones (excluding diaryl/α,β-unsaturated/α-hetero) is 1. The van der Waals surface area contributed by atoms with Gasteiger partial charge in [-0.3, -0.25) is 4.79 Å². The molecule has 0 aliphatic rings. The summed E-state index contributed by atoms with van der Waals surface area (Å²) in [5, 5.41) is 0. The molecule has 1 nitrogen and oxygen atoms in total. The normalized spacial score (nSPS) is 11.8. The van der Waals surface area contributed by atoms with Crippen molar-refractivity contribution in [3.8, 4) is 0 Å². The van der Waals surface area contributed by atoms with E-state index in [1.165, 1.54) is 12.1 Å². The molecule has 0 spiro atoms. The number of carbonyl (C=O) groups is 1. The van der Waals surface area contributed by atoms with Crippen molar-refractivity contribution in [2.24, 2.45) is 0 Å². The standard InChI is InChI=1S/C15H15FO/c1-3-4-5-6-12(2)15(17)11-13-7-9-14(16)10-8-13/h3-10H,1,11H2,2H3/b5-4-,12-6+. The van der Waals surface area contributed by atoms with Crippen LogP contribution in [-0.4, -0.2) is 5.78 Å². The van der Waals surface area contributed by atoms with Crippen molar-refractivity contribution >= 4 is 5.78 Å². The van der Waals surface area contributed by atoms with Crippen LogP contribution in [0.1, 0.15) is 12.5 Å². The van der Waals surface area contributed by atoms with Crippen molar-refractivity contribution in [2.75, 3.05) is 0 Å². The van der Waals surface area contributed by atoms with Crippen molar-refractivity contribution in [3.63, 3.8) is 0 Å². The van der Waals surface area contributed by atoms with Gasteiger partial charge in [-0.1, -0.05) is 43.0 Å². The summed E-state index contributed by atoms with van der Waals surface area (Å²) in [6, 6.07) is 5.97. The van der Waals surface area contributed by atoms with Gasteiger partial charge in [0.05, 0.1) is 0 Å². The van der Waals surface area contributed by atoms with Gasteiger partial charge >= 0.3 is 0 Å². The molecule has 0 aliphatic carbocycles. The van der Waals surface area contributed by atoms with Crippen LogP contribution in [0.3, 0.4) is 0 Å². The third kappa shape index (κ3) is 4.60. The molecule has 0 saturated carbocycles. The SMILES string of the molecule is C=C/C=C\C=C(/C)C(=O)Cc1ccc(F)cc1. The van der Waals surface area contributed by atoms with Crippen molar-refractivity contribution < 1.29 is 9.18 Å². The largest absolute Gasteiger partial charge is 0.294 e. The number of benzene rings is 1. The fourth-order valence-corrected chi connectivity index (χ4v) is 1.30. The minimum Gasteiger partial charge on any atom is -0.294 e. The first-order valence-electron chi connectivity index (χ1n) is 5.37. The Balaban J connectivity index is 2.65. The topological polar surface area (TPSA) is 17.1 Å². The van der Waals surface area contributed by atoms with Gasteiger partial charge in [0.25, 0.3) is 0 Å². The van der Waals surface area contributed by atoms with Crippen LogP contribution in [0.2, 0.25) is 0 Å². The maximum atomic E-state index is 12.7. The fraction of sp³-hybridized carbons (Fsp3) is 0.133. The Morgan fingerprint density at radius 3 is 2.53 bits per heavy atom. The molecule has 0 aromatic heterocycles. The molecular weight excluding hydrogens is 215 g/mol. The van der Waals surface area contributed by atoms with E-state index in [0.29, 0.717) is 12.0 Å². The van der Waals surface area contributed by atoms with Gasteiger partial charge in [-0.05, 0) is 30.2 Å². The van der Waals surface area contributed by atoms with Crippen LogP contribution in [0, 0.1) is 5.82 Å². The van der Waals surface area contributed by atoms with Gasteiger partial charge in [-0.25, -0.2) is 4.39 Å². The number of rotatable bonds is 5. The highest BCUT2D eigenvalue weighted by Gasteiger charge is 2.05. The quantitative estimate of drug-likeness (QED) is 0.557. The molecule has 2 heteroatoms. The van der Waals surface area contributed by atoms with Crippen LogP contribution in [0.5, 0.6) is 0 Å². The Bertz CT molecular complexity index is 452. The zero-order valence-electron chi connectivity index (χ0n) is 9.82. The minimum absolute atomic E-state index is 0.0327. The van der Waals surface area contributed by atoms with Crippen LogP contribution >= 0.6 is 0 Å². The predicted molar refractivity (Wildman–Crippen MR) is 68.2 cm³/mol. The van der Waals surface area contributed by atoms with Crippen LogP contribution in [-0.2, 0) is 11.2 Å². The smallest absolute Gasteiger partial charge is 0.162 e. The van der Waals surface area contributed by atoms with E-state index in [1.54, 1.807) is 43.4 Å². The molecule has 0 unspecified atom stereocenters. The van der Waals surface area contributed by atoms with E-state index in [1.807, 2.05) is 0 Å². The lowest BCUT2D eigenvalue weighted by Crippen LogP contribution is -2.03. The van der Waals surface area contributed by atoms with Gasteiger partial charge in [0.1, 0.15) is 5.82 Å². The number of allylic oxidation sites excluding steroid dienone is 5. The van der Waals surface area contributed by atoms with E-state index >= 15 is 0 Å². The lowest BCUT2D eigenvalue weighted by Gasteiger charge is -2.00. The van der Waals surface area contributed by atoms with Gasteiger partial charge in [-0.15, -0.1) is 0 Å². The second-order valence-corrected chi connectivity index (χ2v) is 3.70. The zero-order valence-corrected chi connectivity index (χ0v) is 9.82. The van der Waals surface area contributed by atoms with Gasteiger partial charge in [0.15, 0.2) is 5.78 Å². The maximum absolute atomic E-state index is 12.7. The molecule has 0 fully saturated rings. The van der Waals surface area contributed by atoms with E-state index < -0.39 is 0 Å². The fourth-order valence-electron chi connectivity index (χ4n) is 1.30. The van der Waals surface area contributed by atoms with Crippen molar-refractivity contribution in [1.29, 1.82) is 0 Å². The average molecular weight is 230 g/mol. The Morgan fingerprint density at radius 1 is 1.29 bits per heavy atom. The van der Waals surface area contributed by atoms with Gasteiger partial charge < -0.3 is 0 Å². The molecule has 1 rings (SSSR count). The second kappa shape index (κ2) is 6.59. The first kappa shape index (κ1) is 13.1. The first-order valence-corrected chi connectivity index (χ1v) is 5.37. The molecule has 0 saturated heterocycles. The molecular formula is C15H15FO. The highest BCUT2D eigenvalue weighted by Crippen LogP contribution is 2.07. The highest BCUT2D eigenvalue weighted by atomic mass is 19.1. The van der Waals surface area contributed by atoms with E-state index in [0.717, 1.165) is 5.56 Å². The van der Waals surface area contributed by atoms with Crippen LogP contribution < -0.4 is 0 Å². The zero-order chi connectivity index (χ0) is 12.7. The van der Waals surface area contributed by atoms with Crippen molar-refractivity contribution in [2.45, 2.75) is 13.3 Å². The van der Waals surface area contributed by atoms with Crippen molar-refractivity contribution in [1.82, 2.24) is 0 Å². The first-order chi connectivity index (χ1) is 8.13. The third-order valence-electron chi connectivity index (χ3n) is 2.31. The summed E-state index contributed by atoms with van der Waals surface area (Å²) in [6.07, 6.45) is 7.21. The Hall–Kier alpha value is -1.96. The molecule has 17 heavy (non-hydrogen) atoms. The lowest BCUT2D eigenvalue weighted by molar-refractivity contribution is -0.114. The number of halogens is 1. The molecule has 0 N–H and O–H groups in total. The predicted octanol–water partition coefficient (Wildman–Crippen LogP) is 3.63. The van der Waals surface area contributed by atoms with Crippen LogP contribution in [0.15, 0.2) is 60.7 Å². The summed E-state index contributed by atoms with van der Waals surface area (Å²) in [4.78, 5) is 11.8. The molecule has 1 aromatic carbocycles. The summed E-state index contributed by atoms with van der Waals surface area (Å²) in [5.41, 5.74) is 1.49. The lowest BCUT2D eigenvalue weighted by atomic mass is 10.0. The van der Waals surface area contributed by atoms with Crippen LogP contribution in [0.25, 0.3) is 0 Å². The molecule has 1 aromatic rings. The molecule has 0 atom stereocenters. The molecule has 0 heterocycles. The Kier molecular flexibility index (Phi) is 5.08. The molecule has 0 bridgehead atoms. The summed E-state index contributed by atoms with van der Waals surface area (Å²) in [7, 11) is 0. The van der Waals surface area contributed by atoms with E-state index in [4.69, 9.17) is 0 Å². The molecule has 0 radical (unpaired) electrons. The number of hydrogen-bond donors (Lipinski definition) is 0. The summed E-state index contributed by atoms with van der Waals surface area (Å²) >= 11 is 0. The van der Waals surface area contributed by atoms with Crippen LogP contribution in [0.4, 0.5) is 4.39 Å². The van der Waals surface area contributed by atoms with Gasteiger partial charge in [-0.2, -0.15) is 0 Å². The minimum atomic E-state index is -0.289. The number of hydrogen-bond acceptors (Lipinski definition) is 1. The third-order valence-corrected chi connectivity index (χ3v) is 2.31.